The number of cyclic esters (lactones) is 1. The Labute approximate surface area is 138 Å². The van der Waals surface area contributed by atoms with Crippen molar-refractivity contribution < 1.29 is 14.3 Å². The average Bonchev–Trinajstić information content (AvgIpc) is 2.47. The number of morpholine rings is 1. The Balaban J connectivity index is 1.92. The van der Waals surface area contributed by atoms with Crippen LogP contribution >= 0.6 is 0 Å². The van der Waals surface area contributed by atoms with Crippen LogP contribution in [0.15, 0.2) is 24.3 Å². The fourth-order valence-corrected chi connectivity index (χ4v) is 3.13. The second kappa shape index (κ2) is 7.26. The molecule has 0 saturated carbocycles. The number of likely N-dealkylation sites (N-methyl/N-ethyl adjacent to an activating group) is 1. The van der Waals surface area contributed by atoms with E-state index < -0.39 is 11.6 Å². The normalized spacial score (nSPS) is 21.0. The molecule has 126 valence electrons. The Morgan fingerprint density at radius 2 is 2.13 bits per heavy atom. The van der Waals surface area contributed by atoms with Gasteiger partial charge in [0.2, 0.25) is 0 Å². The highest BCUT2D eigenvalue weighted by Crippen LogP contribution is 2.24. The summed E-state index contributed by atoms with van der Waals surface area (Å²) in [5, 5.41) is 0. The quantitative estimate of drug-likeness (QED) is 0.757. The minimum atomic E-state index is -0.478. The van der Waals surface area contributed by atoms with Crippen LogP contribution < -0.4 is 0 Å². The number of carbonyl (C=O) groups is 2. The van der Waals surface area contributed by atoms with Crippen LogP contribution in [-0.2, 0) is 20.7 Å². The largest absolute Gasteiger partial charge is 0.457 e. The van der Waals surface area contributed by atoms with E-state index >= 15 is 0 Å². The van der Waals surface area contributed by atoms with E-state index in [4.69, 9.17) is 4.74 Å². The van der Waals surface area contributed by atoms with Crippen molar-refractivity contribution in [1.29, 1.82) is 0 Å². The molecule has 0 N–H and O–H groups in total. The van der Waals surface area contributed by atoms with E-state index in [0.29, 0.717) is 13.0 Å². The van der Waals surface area contributed by atoms with Gasteiger partial charge < -0.3 is 4.74 Å². The molecule has 1 unspecified atom stereocenters. The smallest absolute Gasteiger partial charge is 0.324 e. The Hall–Kier alpha value is -1.68. The maximum absolute atomic E-state index is 12.3. The molecule has 1 aromatic rings. The van der Waals surface area contributed by atoms with Crippen molar-refractivity contribution >= 4 is 11.8 Å². The van der Waals surface area contributed by atoms with Crippen molar-refractivity contribution in [2.24, 2.45) is 0 Å². The maximum atomic E-state index is 12.3. The third kappa shape index (κ3) is 4.90. The summed E-state index contributed by atoms with van der Waals surface area (Å²) in [5.74, 6) is -0.154. The summed E-state index contributed by atoms with van der Waals surface area (Å²) in [6, 6.07) is 7.76. The maximum Gasteiger partial charge on any atom is 0.324 e. The second-order valence-corrected chi connectivity index (χ2v) is 6.99. The standard InChI is InChI=1S/C19H27NO3/c1-5-20-13-19(3,4)23-18(22)17(20)12-16(21)10-9-15-8-6-7-14(2)11-15/h6-8,11,17H,5,9-10,12-13H2,1-4H3. The minimum Gasteiger partial charge on any atom is -0.457 e. The highest BCUT2D eigenvalue weighted by atomic mass is 16.6. The molecule has 1 aliphatic heterocycles. The number of Topliss-reactive ketones (excluding diaryl/α,β-unsaturated/α-hetero) is 1. The molecule has 1 atom stereocenters. The first kappa shape index (κ1) is 17.7. The lowest BCUT2D eigenvalue weighted by Gasteiger charge is -2.41. The number of rotatable bonds is 6. The summed E-state index contributed by atoms with van der Waals surface area (Å²) in [4.78, 5) is 26.6. The predicted molar refractivity (Wildman–Crippen MR) is 90.3 cm³/mol. The Morgan fingerprint density at radius 1 is 1.39 bits per heavy atom. The molecule has 0 aromatic heterocycles. The summed E-state index contributed by atoms with van der Waals surface area (Å²) in [6.45, 7) is 9.29. The molecule has 0 spiro atoms. The van der Waals surface area contributed by atoms with Gasteiger partial charge in [-0.05, 0) is 39.3 Å². The van der Waals surface area contributed by atoms with Gasteiger partial charge in [-0.25, -0.2) is 0 Å². The number of hydrogen-bond donors (Lipinski definition) is 0. The molecule has 0 aliphatic carbocycles. The number of esters is 1. The number of nitrogens with zero attached hydrogens (tertiary/aromatic N) is 1. The van der Waals surface area contributed by atoms with Crippen LogP contribution in [0.25, 0.3) is 0 Å². The fraction of sp³-hybridized carbons (Fsp3) is 0.579. The summed E-state index contributed by atoms with van der Waals surface area (Å²) >= 11 is 0. The van der Waals surface area contributed by atoms with Crippen LogP contribution in [0.3, 0.4) is 0 Å². The monoisotopic (exact) mass is 317 g/mol. The summed E-state index contributed by atoms with van der Waals surface area (Å²) in [7, 11) is 0. The molecule has 1 fully saturated rings. The number of aryl methyl sites for hydroxylation is 2. The fourth-order valence-electron chi connectivity index (χ4n) is 3.13. The lowest BCUT2D eigenvalue weighted by molar-refractivity contribution is -0.178. The molecule has 4 nitrogen and oxygen atoms in total. The third-order valence-corrected chi connectivity index (χ3v) is 4.28. The van der Waals surface area contributed by atoms with Crippen molar-refractivity contribution in [3.63, 3.8) is 0 Å². The Bertz CT molecular complexity index is 580. The van der Waals surface area contributed by atoms with E-state index in [0.717, 1.165) is 18.5 Å². The molecule has 2 rings (SSSR count). The van der Waals surface area contributed by atoms with Crippen LogP contribution in [0.4, 0.5) is 0 Å². The molecule has 1 saturated heterocycles. The van der Waals surface area contributed by atoms with Crippen molar-refractivity contribution in [3.8, 4) is 0 Å². The number of ketones is 1. The van der Waals surface area contributed by atoms with Crippen molar-refractivity contribution in [2.45, 2.75) is 58.6 Å². The Morgan fingerprint density at radius 3 is 2.78 bits per heavy atom. The molecule has 23 heavy (non-hydrogen) atoms. The van der Waals surface area contributed by atoms with E-state index in [1.54, 1.807) is 0 Å². The summed E-state index contributed by atoms with van der Waals surface area (Å²) < 4.78 is 5.46. The molecule has 0 amide bonds. The topological polar surface area (TPSA) is 46.6 Å². The molecular formula is C19H27NO3. The number of carbonyl (C=O) groups excluding carboxylic acids is 2. The van der Waals surface area contributed by atoms with Crippen LogP contribution in [0.5, 0.6) is 0 Å². The first-order chi connectivity index (χ1) is 10.8. The lowest BCUT2D eigenvalue weighted by atomic mass is 9.98. The zero-order chi connectivity index (χ0) is 17.0. The van der Waals surface area contributed by atoms with E-state index in [-0.39, 0.29) is 18.2 Å². The number of ether oxygens (including phenoxy) is 1. The van der Waals surface area contributed by atoms with Crippen molar-refractivity contribution in [3.05, 3.63) is 35.4 Å². The molecule has 0 bridgehead atoms. The van der Waals surface area contributed by atoms with Crippen LogP contribution in [-0.4, -0.2) is 41.4 Å². The summed E-state index contributed by atoms with van der Waals surface area (Å²) in [6.07, 6.45) is 1.43. The molecule has 1 heterocycles. The van der Waals surface area contributed by atoms with Crippen molar-refractivity contribution in [1.82, 2.24) is 4.90 Å². The molecule has 1 aliphatic rings. The SMILES string of the molecule is CCN1CC(C)(C)OC(=O)C1CC(=O)CCc1cccc(C)c1. The lowest BCUT2D eigenvalue weighted by Crippen LogP contribution is -2.57. The average molecular weight is 317 g/mol. The van der Waals surface area contributed by atoms with Gasteiger partial charge in [0.25, 0.3) is 0 Å². The van der Waals surface area contributed by atoms with Gasteiger partial charge in [0.05, 0.1) is 0 Å². The molecule has 4 heteroatoms. The van der Waals surface area contributed by atoms with Crippen LogP contribution in [0.2, 0.25) is 0 Å². The van der Waals surface area contributed by atoms with Gasteiger partial charge in [-0.3, -0.25) is 14.5 Å². The van der Waals surface area contributed by atoms with Crippen molar-refractivity contribution in [2.75, 3.05) is 13.1 Å². The Kier molecular flexibility index (Phi) is 5.58. The first-order valence-electron chi connectivity index (χ1n) is 8.35. The van der Waals surface area contributed by atoms with Gasteiger partial charge in [-0.1, -0.05) is 36.8 Å². The molecule has 0 radical (unpaired) electrons. The van der Waals surface area contributed by atoms with Gasteiger partial charge in [-0.2, -0.15) is 0 Å². The van der Waals surface area contributed by atoms with Crippen LogP contribution in [0, 0.1) is 6.92 Å². The van der Waals surface area contributed by atoms with E-state index in [9.17, 15) is 9.59 Å². The summed E-state index contributed by atoms with van der Waals surface area (Å²) in [5.41, 5.74) is 1.89. The molecular weight excluding hydrogens is 290 g/mol. The zero-order valence-corrected chi connectivity index (χ0v) is 14.6. The zero-order valence-electron chi connectivity index (χ0n) is 14.6. The predicted octanol–water partition coefficient (Wildman–Crippen LogP) is 2.91. The van der Waals surface area contributed by atoms with Gasteiger partial charge in [0, 0.05) is 19.4 Å². The number of hydrogen-bond acceptors (Lipinski definition) is 4. The highest BCUT2D eigenvalue weighted by Gasteiger charge is 2.40. The van der Waals surface area contributed by atoms with Gasteiger partial charge in [0.15, 0.2) is 0 Å². The first-order valence-corrected chi connectivity index (χ1v) is 8.35. The van der Waals surface area contributed by atoms with Gasteiger partial charge in [0.1, 0.15) is 17.4 Å². The second-order valence-electron chi connectivity index (χ2n) is 6.99. The highest BCUT2D eigenvalue weighted by molar-refractivity contribution is 5.87. The van der Waals surface area contributed by atoms with E-state index in [1.165, 1.54) is 5.56 Å². The van der Waals surface area contributed by atoms with E-state index in [2.05, 4.69) is 11.0 Å². The van der Waals surface area contributed by atoms with E-state index in [1.807, 2.05) is 45.9 Å². The molecule has 1 aromatic carbocycles. The van der Waals surface area contributed by atoms with Gasteiger partial charge >= 0.3 is 5.97 Å². The number of benzene rings is 1. The third-order valence-electron chi connectivity index (χ3n) is 4.28. The van der Waals surface area contributed by atoms with Gasteiger partial charge in [-0.15, -0.1) is 0 Å². The van der Waals surface area contributed by atoms with Crippen LogP contribution in [0.1, 0.15) is 44.7 Å². The minimum absolute atomic E-state index is 0.117.